The number of rotatable bonds is 5. The lowest BCUT2D eigenvalue weighted by Gasteiger charge is -2.03. The minimum atomic E-state index is -3.74. The minimum absolute atomic E-state index is 0.0835. The van der Waals surface area contributed by atoms with E-state index in [2.05, 4.69) is 10.3 Å². The molecule has 0 aliphatic carbocycles. The first-order chi connectivity index (χ1) is 11.5. The van der Waals surface area contributed by atoms with Gasteiger partial charge in [-0.1, -0.05) is 48.0 Å². The molecule has 3 rings (SSSR count). The Kier molecular flexibility index (Phi) is 4.40. The molecule has 2 aromatic carbocycles. The Morgan fingerprint density at radius 3 is 2.33 bits per heavy atom. The first-order valence-electron chi connectivity index (χ1n) is 7.54. The number of aromatic nitrogens is 1. The fourth-order valence-electron chi connectivity index (χ4n) is 2.36. The van der Waals surface area contributed by atoms with Crippen LogP contribution < -0.4 is 5.32 Å². The second-order valence-electron chi connectivity index (χ2n) is 5.47. The number of benzene rings is 2. The molecule has 0 aliphatic rings. The highest BCUT2D eigenvalue weighted by Crippen LogP contribution is 2.28. The molecule has 0 spiro atoms. The molecule has 0 atom stereocenters. The topological polar surface area (TPSA) is 72.2 Å². The van der Waals surface area contributed by atoms with E-state index in [1.165, 1.54) is 0 Å². The molecule has 0 fully saturated rings. The number of nitrogens with zero attached hydrogens (tertiary/aromatic N) is 1. The second-order valence-corrected chi connectivity index (χ2v) is 7.34. The first-order valence-corrected chi connectivity index (χ1v) is 9.02. The van der Waals surface area contributed by atoms with Crippen LogP contribution in [0.2, 0.25) is 0 Å². The summed E-state index contributed by atoms with van der Waals surface area (Å²) in [5, 5.41) is 2.70. The van der Waals surface area contributed by atoms with Crippen LogP contribution in [0.1, 0.15) is 17.0 Å². The third-order valence-electron chi connectivity index (χ3n) is 3.65. The van der Waals surface area contributed by atoms with E-state index in [9.17, 15) is 8.42 Å². The molecule has 0 radical (unpaired) electrons. The van der Waals surface area contributed by atoms with Crippen molar-refractivity contribution in [2.24, 2.45) is 0 Å². The van der Waals surface area contributed by atoms with Gasteiger partial charge in [0.2, 0.25) is 26.6 Å². The second kappa shape index (κ2) is 6.49. The van der Waals surface area contributed by atoms with Crippen LogP contribution in [-0.4, -0.2) is 20.4 Å². The van der Waals surface area contributed by atoms with E-state index in [0.717, 1.165) is 11.1 Å². The molecule has 0 saturated carbocycles. The molecule has 5 nitrogen and oxygen atoms in total. The van der Waals surface area contributed by atoms with Crippen molar-refractivity contribution in [2.45, 2.75) is 23.3 Å². The van der Waals surface area contributed by atoms with Crippen molar-refractivity contribution < 1.29 is 12.8 Å². The quantitative estimate of drug-likeness (QED) is 0.769. The van der Waals surface area contributed by atoms with Crippen LogP contribution in [0.5, 0.6) is 0 Å². The molecule has 1 heterocycles. The summed E-state index contributed by atoms with van der Waals surface area (Å²) >= 11 is 0. The zero-order valence-electron chi connectivity index (χ0n) is 13.5. The number of aryl methyl sites for hydroxylation is 1. The number of nitrogens with one attached hydrogen (secondary N) is 1. The molecule has 124 valence electrons. The van der Waals surface area contributed by atoms with Gasteiger partial charge in [0.15, 0.2) is 0 Å². The van der Waals surface area contributed by atoms with Crippen molar-refractivity contribution in [3.05, 3.63) is 71.6 Å². The van der Waals surface area contributed by atoms with Crippen molar-refractivity contribution in [3.8, 4) is 0 Å². The summed E-state index contributed by atoms with van der Waals surface area (Å²) in [7, 11) is -2.13. The Hall–Kier alpha value is -2.60. The van der Waals surface area contributed by atoms with E-state index in [0.29, 0.717) is 12.3 Å². The maximum Gasteiger partial charge on any atom is 0.233 e. The highest BCUT2D eigenvalue weighted by molar-refractivity contribution is 7.91. The van der Waals surface area contributed by atoms with Gasteiger partial charge in [-0.3, -0.25) is 0 Å². The van der Waals surface area contributed by atoms with Crippen LogP contribution in [0.15, 0.2) is 68.9 Å². The predicted octanol–water partition coefficient (Wildman–Crippen LogP) is 3.45. The van der Waals surface area contributed by atoms with E-state index < -0.39 is 9.84 Å². The number of anilines is 1. The Balaban J connectivity index is 1.99. The summed E-state index contributed by atoms with van der Waals surface area (Å²) in [6.07, 6.45) is 0.430. The molecule has 3 aromatic rings. The average molecular weight is 342 g/mol. The molecule has 24 heavy (non-hydrogen) atoms. The van der Waals surface area contributed by atoms with Gasteiger partial charge >= 0.3 is 0 Å². The van der Waals surface area contributed by atoms with Gasteiger partial charge in [-0.05, 0) is 24.6 Å². The van der Waals surface area contributed by atoms with Crippen molar-refractivity contribution in [2.75, 3.05) is 12.4 Å². The summed E-state index contributed by atoms with van der Waals surface area (Å²) in [5.74, 6) is 0.512. The summed E-state index contributed by atoms with van der Waals surface area (Å²) in [4.78, 5) is 4.43. The Morgan fingerprint density at radius 2 is 1.71 bits per heavy atom. The van der Waals surface area contributed by atoms with E-state index in [1.807, 2.05) is 37.3 Å². The lowest BCUT2D eigenvalue weighted by atomic mass is 10.2. The summed E-state index contributed by atoms with van der Waals surface area (Å²) in [6, 6.07) is 16.3. The van der Waals surface area contributed by atoms with Crippen molar-refractivity contribution in [1.82, 2.24) is 4.98 Å². The van der Waals surface area contributed by atoms with Crippen molar-refractivity contribution in [3.63, 3.8) is 0 Å². The number of oxazole rings is 1. The summed E-state index contributed by atoms with van der Waals surface area (Å²) < 4.78 is 31.3. The SMILES string of the molecule is CNc1oc(Cc2ccccc2)nc1S(=O)(=O)c1ccc(C)cc1. The summed E-state index contributed by atoms with van der Waals surface area (Å²) in [5.41, 5.74) is 1.99. The zero-order chi connectivity index (χ0) is 17.2. The molecule has 0 unspecified atom stereocenters. The first kappa shape index (κ1) is 16.3. The molecule has 0 amide bonds. The molecule has 1 N–H and O–H groups in total. The molecule has 0 aliphatic heterocycles. The minimum Gasteiger partial charge on any atom is -0.423 e. The van der Waals surface area contributed by atoms with Crippen LogP contribution in [0.3, 0.4) is 0 Å². The maximum atomic E-state index is 12.8. The number of hydrogen-bond donors (Lipinski definition) is 1. The Labute approximate surface area is 141 Å². The van der Waals surface area contributed by atoms with Crippen molar-refractivity contribution >= 4 is 15.7 Å². The van der Waals surface area contributed by atoms with Crippen LogP contribution in [0.4, 0.5) is 5.88 Å². The van der Waals surface area contributed by atoms with E-state index in [-0.39, 0.29) is 15.8 Å². The van der Waals surface area contributed by atoms with Crippen LogP contribution in [0.25, 0.3) is 0 Å². The van der Waals surface area contributed by atoms with Gasteiger partial charge in [-0.15, -0.1) is 0 Å². The van der Waals surface area contributed by atoms with Crippen molar-refractivity contribution in [1.29, 1.82) is 0 Å². The zero-order valence-corrected chi connectivity index (χ0v) is 14.3. The highest BCUT2D eigenvalue weighted by Gasteiger charge is 2.27. The lowest BCUT2D eigenvalue weighted by Crippen LogP contribution is -2.05. The molecule has 6 heteroatoms. The van der Waals surface area contributed by atoms with Gasteiger partial charge in [0, 0.05) is 13.5 Å². The van der Waals surface area contributed by atoms with Gasteiger partial charge in [0.05, 0.1) is 4.90 Å². The smallest absolute Gasteiger partial charge is 0.233 e. The van der Waals surface area contributed by atoms with E-state index >= 15 is 0 Å². The van der Waals surface area contributed by atoms with Crippen LogP contribution in [0, 0.1) is 6.92 Å². The Morgan fingerprint density at radius 1 is 1.04 bits per heavy atom. The number of sulfone groups is 1. The van der Waals surface area contributed by atoms with Crippen LogP contribution >= 0.6 is 0 Å². The monoisotopic (exact) mass is 342 g/mol. The standard InChI is InChI=1S/C18H18N2O3S/c1-13-8-10-15(11-9-13)24(21,22)18-17(19-2)23-16(20-18)12-14-6-4-3-5-7-14/h3-11,19H,12H2,1-2H3. The maximum absolute atomic E-state index is 12.8. The van der Waals surface area contributed by atoms with Gasteiger partial charge < -0.3 is 9.73 Å². The fourth-order valence-corrected chi connectivity index (χ4v) is 3.69. The highest BCUT2D eigenvalue weighted by atomic mass is 32.2. The summed E-state index contributed by atoms with van der Waals surface area (Å²) in [6.45, 7) is 1.91. The third-order valence-corrected chi connectivity index (χ3v) is 5.33. The molecule has 1 aromatic heterocycles. The lowest BCUT2D eigenvalue weighted by molar-refractivity contribution is 0.519. The van der Waals surface area contributed by atoms with Crippen LogP contribution in [-0.2, 0) is 16.3 Å². The van der Waals surface area contributed by atoms with Gasteiger partial charge in [0.1, 0.15) is 0 Å². The third kappa shape index (κ3) is 3.19. The normalized spacial score (nSPS) is 11.4. The molecule has 0 saturated heterocycles. The van der Waals surface area contributed by atoms with E-state index in [1.54, 1.807) is 31.3 Å². The number of hydrogen-bond acceptors (Lipinski definition) is 5. The molecule has 0 bridgehead atoms. The van der Waals surface area contributed by atoms with Gasteiger partial charge in [0.25, 0.3) is 0 Å². The molecular formula is C18H18N2O3S. The average Bonchev–Trinajstić information content (AvgIpc) is 3.00. The Bertz CT molecular complexity index is 930. The van der Waals surface area contributed by atoms with Gasteiger partial charge in [-0.25, -0.2) is 8.42 Å². The van der Waals surface area contributed by atoms with Gasteiger partial charge in [-0.2, -0.15) is 4.98 Å². The molecular weight excluding hydrogens is 324 g/mol. The predicted molar refractivity (Wildman–Crippen MR) is 91.9 cm³/mol. The largest absolute Gasteiger partial charge is 0.423 e. The van der Waals surface area contributed by atoms with E-state index in [4.69, 9.17) is 4.42 Å². The fraction of sp³-hybridized carbons (Fsp3) is 0.167.